The molecule has 1 saturated heterocycles. The fourth-order valence-electron chi connectivity index (χ4n) is 3.93. The summed E-state index contributed by atoms with van der Waals surface area (Å²) in [4.78, 5) is 2.26. The van der Waals surface area contributed by atoms with E-state index in [1.807, 2.05) is 6.20 Å². The zero-order valence-corrected chi connectivity index (χ0v) is 11.1. The molecule has 1 aromatic heterocycles. The van der Waals surface area contributed by atoms with Gasteiger partial charge in [0, 0.05) is 31.2 Å². The number of nitrogens with one attached hydrogen (secondary N) is 1. The lowest BCUT2D eigenvalue weighted by molar-refractivity contribution is 0.438. The molecular weight excluding hydrogens is 238 g/mol. The topological polar surface area (TPSA) is 67.1 Å². The second kappa shape index (κ2) is 4.34. The second-order valence-corrected chi connectivity index (χ2v) is 6.39. The van der Waals surface area contributed by atoms with Crippen LogP contribution in [0.25, 0.3) is 0 Å². The molecule has 2 bridgehead atoms. The summed E-state index contributed by atoms with van der Waals surface area (Å²) in [5, 5.41) is 11.9. The fourth-order valence-corrected chi connectivity index (χ4v) is 3.93. The van der Waals surface area contributed by atoms with Gasteiger partial charge < -0.3 is 16.0 Å². The van der Waals surface area contributed by atoms with E-state index in [0.717, 1.165) is 36.4 Å². The Labute approximate surface area is 113 Å². The summed E-state index contributed by atoms with van der Waals surface area (Å²) < 4.78 is 0. The van der Waals surface area contributed by atoms with E-state index in [-0.39, 0.29) is 0 Å². The van der Waals surface area contributed by atoms with Gasteiger partial charge in [0.2, 0.25) is 0 Å². The summed E-state index contributed by atoms with van der Waals surface area (Å²) in [5.74, 6) is 2.73. The largest absolute Gasteiger partial charge is 0.367 e. The van der Waals surface area contributed by atoms with Gasteiger partial charge in [0.05, 0.1) is 11.9 Å². The van der Waals surface area contributed by atoms with Gasteiger partial charge >= 0.3 is 0 Å². The molecule has 2 heterocycles. The van der Waals surface area contributed by atoms with E-state index in [9.17, 15) is 0 Å². The summed E-state index contributed by atoms with van der Waals surface area (Å²) in [6.45, 7) is 1.86. The first-order valence-electron chi connectivity index (χ1n) is 7.38. The number of nitrogens with zero attached hydrogens (tertiary/aromatic N) is 3. The Balaban J connectivity index is 1.45. The van der Waals surface area contributed by atoms with Crippen molar-refractivity contribution in [3.8, 4) is 0 Å². The number of hydrogen-bond acceptors (Lipinski definition) is 5. The van der Waals surface area contributed by atoms with E-state index in [1.165, 1.54) is 25.7 Å². The van der Waals surface area contributed by atoms with Crippen LogP contribution in [0.3, 0.4) is 0 Å². The molecule has 2 aliphatic carbocycles. The standard InChI is InChI=1S/C14H21N5/c15-11-7-19(8-11)12-5-14(18-16-6-12)17-13-4-9-1-2-10(13)3-9/h5-6,9-11,13H,1-4,7-8,15H2,(H,17,18). The number of hydrogen-bond donors (Lipinski definition) is 2. The quantitative estimate of drug-likeness (QED) is 0.854. The molecule has 19 heavy (non-hydrogen) atoms. The van der Waals surface area contributed by atoms with Gasteiger partial charge in [0.25, 0.3) is 0 Å². The summed E-state index contributed by atoms with van der Waals surface area (Å²) in [7, 11) is 0. The summed E-state index contributed by atoms with van der Waals surface area (Å²) in [5.41, 5.74) is 6.97. The first kappa shape index (κ1) is 11.5. The molecule has 3 N–H and O–H groups in total. The Kier molecular flexibility index (Phi) is 2.62. The highest BCUT2D eigenvalue weighted by molar-refractivity contribution is 5.54. The number of anilines is 2. The molecule has 4 rings (SSSR count). The van der Waals surface area contributed by atoms with E-state index < -0.39 is 0 Å². The lowest BCUT2D eigenvalue weighted by atomic mass is 9.95. The summed E-state index contributed by atoms with van der Waals surface area (Å²) >= 11 is 0. The van der Waals surface area contributed by atoms with Gasteiger partial charge in [0.15, 0.2) is 5.82 Å². The molecule has 2 saturated carbocycles. The smallest absolute Gasteiger partial charge is 0.150 e. The molecule has 5 nitrogen and oxygen atoms in total. The van der Waals surface area contributed by atoms with E-state index >= 15 is 0 Å². The molecule has 0 aromatic carbocycles. The van der Waals surface area contributed by atoms with Crippen LogP contribution >= 0.6 is 0 Å². The van der Waals surface area contributed by atoms with E-state index in [0.29, 0.717) is 12.1 Å². The predicted octanol–water partition coefficient (Wildman–Crippen LogP) is 1.22. The monoisotopic (exact) mass is 259 g/mol. The third-order valence-electron chi connectivity index (χ3n) is 4.99. The molecule has 0 radical (unpaired) electrons. The number of fused-ring (bicyclic) bond motifs is 2. The summed E-state index contributed by atoms with van der Waals surface area (Å²) in [6, 6.07) is 3.04. The molecular formula is C14H21N5. The lowest BCUT2D eigenvalue weighted by Crippen LogP contribution is -2.55. The predicted molar refractivity (Wildman–Crippen MR) is 75.1 cm³/mol. The maximum Gasteiger partial charge on any atom is 0.150 e. The average molecular weight is 259 g/mol. The van der Waals surface area contributed by atoms with Crippen LogP contribution in [0.1, 0.15) is 25.7 Å². The van der Waals surface area contributed by atoms with Crippen LogP contribution in [0.2, 0.25) is 0 Å². The van der Waals surface area contributed by atoms with Gasteiger partial charge in [0.1, 0.15) is 0 Å². The van der Waals surface area contributed by atoms with Gasteiger partial charge in [-0.05, 0) is 31.1 Å². The van der Waals surface area contributed by atoms with Crippen molar-refractivity contribution in [2.75, 3.05) is 23.3 Å². The first-order valence-corrected chi connectivity index (χ1v) is 7.38. The van der Waals surface area contributed by atoms with E-state index in [2.05, 4.69) is 26.5 Å². The van der Waals surface area contributed by atoms with Gasteiger partial charge in [-0.25, -0.2) is 0 Å². The molecule has 5 heteroatoms. The van der Waals surface area contributed by atoms with Crippen LogP contribution in [0.4, 0.5) is 11.5 Å². The number of rotatable bonds is 3. The van der Waals surface area contributed by atoms with Gasteiger partial charge in [-0.1, -0.05) is 6.42 Å². The van der Waals surface area contributed by atoms with Crippen molar-refractivity contribution in [3.05, 3.63) is 12.3 Å². The van der Waals surface area contributed by atoms with Crippen molar-refractivity contribution >= 4 is 11.5 Å². The highest BCUT2D eigenvalue weighted by atomic mass is 15.3. The minimum absolute atomic E-state index is 0.315. The van der Waals surface area contributed by atoms with Crippen LogP contribution in [0.5, 0.6) is 0 Å². The van der Waals surface area contributed by atoms with Crippen molar-refractivity contribution in [3.63, 3.8) is 0 Å². The number of nitrogens with two attached hydrogens (primary N) is 1. The van der Waals surface area contributed by atoms with Crippen molar-refractivity contribution in [2.24, 2.45) is 17.6 Å². The zero-order valence-electron chi connectivity index (χ0n) is 11.1. The minimum Gasteiger partial charge on any atom is -0.367 e. The fraction of sp³-hybridized carbons (Fsp3) is 0.714. The van der Waals surface area contributed by atoms with Crippen molar-refractivity contribution in [1.82, 2.24) is 10.2 Å². The molecule has 3 aliphatic rings. The molecule has 0 amide bonds. The van der Waals surface area contributed by atoms with Crippen LogP contribution in [0.15, 0.2) is 12.3 Å². The van der Waals surface area contributed by atoms with Crippen molar-refractivity contribution in [1.29, 1.82) is 0 Å². The Morgan fingerprint density at radius 3 is 2.84 bits per heavy atom. The van der Waals surface area contributed by atoms with E-state index in [1.54, 1.807) is 0 Å². The molecule has 1 aliphatic heterocycles. The SMILES string of the molecule is NC1CN(c2cnnc(NC3CC4CCC3C4)c2)C1. The minimum atomic E-state index is 0.315. The first-order chi connectivity index (χ1) is 9.28. The normalized spacial score (nSPS) is 33.5. The van der Waals surface area contributed by atoms with Gasteiger partial charge in [-0.3, -0.25) is 0 Å². The molecule has 3 atom stereocenters. The van der Waals surface area contributed by atoms with Crippen LogP contribution < -0.4 is 16.0 Å². The molecule has 102 valence electrons. The lowest BCUT2D eigenvalue weighted by Gasteiger charge is -2.38. The van der Waals surface area contributed by atoms with Crippen LogP contribution in [-0.4, -0.2) is 35.4 Å². The zero-order chi connectivity index (χ0) is 12.8. The third-order valence-corrected chi connectivity index (χ3v) is 4.99. The Morgan fingerprint density at radius 1 is 1.26 bits per heavy atom. The molecule has 3 fully saturated rings. The Morgan fingerprint density at radius 2 is 2.16 bits per heavy atom. The Bertz CT molecular complexity index is 471. The van der Waals surface area contributed by atoms with E-state index in [4.69, 9.17) is 5.73 Å². The average Bonchev–Trinajstić information content (AvgIpc) is 2.97. The van der Waals surface area contributed by atoms with Gasteiger partial charge in [-0.2, -0.15) is 5.10 Å². The van der Waals surface area contributed by atoms with Crippen LogP contribution in [0, 0.1) is 11.8 Å². The Hall–Kier alpha value is -1.36. The number of aromatic nitrogens is 2. The summed E-state index contributed by atoms with van der Waals surface area (Å²) in [6.07, 6.45) is 7.37. The highest BCUT2D eigenvalue weighted by Gasteiger charge is 2.39. The molecule has 3 unspecified atom stereocenters. The van der Waals surface area contributed by atoms with Crippen LogP contribution in [-0.2, 0) is 0 Å². The van der Waals surface area contributed by atoms with Crippen molar-refractivity contribution in [2.45, 2.75) is 37.8 Å². The molecule has 0 spiro atoms. The maximum absolute atomic E-state index is 5.82. The highest BCUT2D eigenvalue weighted by Crippen LogP contribution is 2.45. The third kappa shape index (κ3) is 2.06. The second-order valence-electron chi connectivity index (χ2n) is 6.39. The van der Waals surface area contributed by atoms with Crippen molar-refractivity contribution < 1.29 is 0 Å². The maximum atomic E-state index is 5.82. The van der Waals surface area contributed by atoms with Gasteiger partial charge in [-0.15, -0.1) is 5.10 Å². The molecule has 1 aromatic rings.